The van der Waals surface area contributed by atoms with E-state index in [-0.39, 0.29) is 17.9 Å². The highest BCUT2D eigenvalue weighted by molar-refractivity contribution is 5.94. The number of aromatic nitrogens is 4. The number of carbonyl (C=O) groups is 1. The monoisotopic (exact) mass is 407 g/mol. The van der Waals surface area contributed by atoms with Crippen molar-refractivity contribution in [2.75, 3.05) is 23.7 Å². The zero-order valence-electron chi connectivity index (χ0n) is 16.3. The minimum Gasteiger partial charge on any atom is -0.363 e. The summed E-state index contributed by atoms with van der Waals surface area (Å²) in [6, 6.07) is 5.23. The van der Waals surface area contributed by atoms with Crippen LogP contribution in [0.3, 0.4) is 0 Å². The molecule has 0 spiro atoms. The van der Waals surface area contributed by atoms with Crippen LogP contribution in [-0.2, 0) is 4.79 Å². The van der Waals surface area contributed by atoms with E-state index in [0.717, 1.165) is 24.8 Å². The molecule has 0 bridgehead atoms. The lowest BCUT2D eigenvalue weighted by Crippen LogP contribution is -2.45. The molecule has 1 saturated heterocycles. The number of nitrogens with zero attached hydrogens (tertiary/aromatic N) is 4. The maximum Gasteiger partial charge on any atom is 0.228 e. The van der Waals surface area contributed by atoms with Gasteiger partial charge in [-0.05, 0) is 37.9 Å². The molecular formula is C21H22FN7O. The molecule has 3 N–H and O–H groups in total. The molecule has 2 aliphatic rings. The highest BCUT2D eigenvalue weighted by Crippen LogP contribution is 2.30. The third-order valence-corrected chi connectivity index (χ3v) is 5.41. The number of halogens is 1. The molecule has 0 aromatic carbocycles. The van der Waals surface area contributed by atoms with Crippen LogP contribution >= 0.6 is 0 Å². The van der Waals surface area contributed by atoms with Crippen molar-refractivity contribution in [1.29, 1.82) is 0 Å². The topological polar surface area (TPSA) is 105 Å². The molecule has 1 aliphatic heterocycles. The van der Waals surface area contributed by atoms with Crippen molar-refractivity contribution in [1.82, 2.24) is 25.3 Å². The van der Waals surface area contributed by atoms with Gasteiger partial charge in [-0.3, -0.25) is 9.78 Å². The SMILES string of the molecule is O=C(Nc1cc2nc(-c3cncc(N[C@H]4CCNC[C@@H]4F)n3)ccc2cn1)C1CC1. The Hall–Kier alpha value is -3.20. The second-order valence-electron chi connectivity index (χ2n) is 7.77. The maximum absolute atomic E-state index is 14.1. The lowest BCUT2D eigenvalue weighted by Gasteiger charge is -2.27. The van der Waals surface area contributed by atoms with Gasteiger partial charge in [0, 0.05) is 30.1 Å². The molecule has 9 heteroatoms. The number of hydrogen-bond donors (Lipinski definition) is 3. The molecule has 4 heterocycles. The predicted molar refractivity (Wildman–Crippen MR) is 112 cm³/mol. The Morgan fingerprint density at radius 2 is 1.97 bits per heavy atom. The van der Waals surface area contributed by atoms with Crippen LogP contribution in [0.15, 0.2) is 36.8 Å². The first-order valence-electron chi connectivity index (χ1n) is 10.2. The number of carbonyl (C=O) groups excluding carboxylic acids is 1. The molecule has 154 valence electrons. The van der Waals surface area contributed by atoms with Gasteiger partial charge >= 0.3 is 0 Å². The van der Waals surface area contributed by atoms with Crippen LogP contribution in [0, 0.1) is 5.92 Å². The number of nitrogens with one attached hydrogen (secondary N) is 3. The van der Waals surface area contributed by atoms with Crippen LogP contribution in [-0.4, -0.2) is 51.1 Å². The van der Waals surface area contributed by atoms with Crippen molar-refractivity contribution < 1.29 is 9.18 Å². The van der Waals surface area contributed by atoms with Gasteiger partial charge in [0.2, 0.25) is 5.91 Å². The summed E-state index contributed by atoms with van der Waals surface area (Å²) in [5.74, 6) is 1.13. The quantitative estimate of drug-likeness (QED) is 0.597. The summed E-state index contributed by atoms with van der Waals surface area (Å²) < 4.78 is 14.1. The summed E-state index contributed by atoms with van der Waals surface area (Å²) in [6.45, 7) is 1.11. The van der Waals surface area contributed by atoms with Crippen molar-refractivity contribution in [3.05, 3.63) is 36.8 Å². The molecule has 1 saturated carbocycles. The van der Waals surface area contributed by atoms with E-state index in [1.165, 1.54) is 0 Å². The molecule has 2 fully saturated rings. The number of fused-ring (bicyclic) bond motifs is 1. The van der Waals surface area contributed by atoms with E-state index in [1.807, 2.05) is 12.1 Å². The average molecular weight is 407 g/mol. The van der Waals surface area contributed by atoms with Crippen LogP contribution in [0.1, 0.15) is 19.3 Å². The average Bonchev–Trinajstić information content (AvgIpc) is 3.61. The fraction of sp³-hybridized carbons (Fsp3) is 0.381. The normalized spacial score (nSPS) is 21.4. The van der Waals surface area contributed by atoms with E-state index in [0.29, 0.717) is 41.5 Å². The van der Waals surface area contributed by atoms with Crippen LogP contribution in [0.4, 0.5) is 16.0 Å². The highest BCUT2D eigenvalue weighted by Gasteiger charge is 2.29. The van der Waals surface area contributed by atoms with Gasteiger partial charge in [-0.15, -0.1) is 0 Å². The Labute approximate surface area is 172 Å². The second-order valence-corrected chi connectivity index (χ2v) is 7.77. The highest BCUT2D eigenvalue weighted by atomic mass is 19.1. The van der Waals surface area contributed by atoms with Crippen molar-refractivity contribution in [2.24, 2.45) is 5.92 Å². The molecule has 0 unspecified atom stereocenters. The van der Waals surface area contributed by atoms with Gasteiger partial charge in [0.05, 0.1) is 29.6 Å². The van der Waals surface area contributed by atoms with E-state index in [1.54, 1.807) is 24.7 Å². The summed E-state index contributed by atoms with van der Waals surface area (Å²) in [5, 5.41) is 9.90. The van der Waals surface area contributed by atoms with Crippen molar-refractivity contribution >= 4 is 28.4 Å². The Balaban J connectivity index is 1.38. The van der Waals surface area contributed by atoms with Gasteiger partial charge < -0.3 is 16.0 Å². The van der Waals surface area contributed by atoms with Crippen LogP contribution in [0.2, 0.25) is 0 Å². The van der Waals surface area contributed by atoms with E-state index in [9.17, 15) is 9.18 Å². The van der Waals surface area contributed by atoms with E-state index >= 15 is 0 Å². The first kappa shape index (κ1) is 18.8. The van der Waals surface area contributed by atoms with E-state index in [4.69, 9.17) is 0 Å². The van der Waals surface area contributed by atoms with Crippen molar-refractivity contribution in [2.45, 2.75) is 31.5 Å². The summed E-state index contributed by atoms with van der Waals surface area (Å²) >= 11 is 0. The number of hydrogen-bond acceptors (Lipinski definition) is 7. The molecular weight excluding hydrogens is 385 g/mol. The van der Waals surface area contributed by atoms with Gasteiger partial charge in [-0.2, -0.15) is 0 Å². The molecule has 8 nitrogen and oxygen atoms in total. The molecule has 5 rings (SSSR count). The smallest absolute Gasteiger partial charge is 0.228 e. The zero-order chi connectivity index (χ0) is 20.5. The number of rotatable bonds is 5. The third kappa shape index (κ3) is 4.06. The fourth-order valence-electron chi connectivity index (χ4n) is 3.53. The standard InChI is InChI=1S/C21H22FN7O/c22-14-9-23-6-5-15(14)27-20-11-24-10-18(28-20)16-4-3-13-8-25-19(7-17(13)26-16)29-21(30)12-1-2-12/h3-4,7-8,10-12,14-15,23H,1-2,5-6,9H2,(H,27,28)(H,25,29,30)/t14-,15-/m0/s1. The number of anilines is 2. The van der Waals surface area contributed by atoms with Gasteiger partial charge in [-0.25, -0.2) is 19.3 Å². The summed E-state index contributed by atoms with van der Waals surface area (Å²) in [4.78, 5) is 29.8. The number of alkyl halides is 1. The minimum absolute atomic E-state index is 0.00623. The summed E-state index contributed by atoms with van der Waals surface area (Å²) in [5.41, 5.74) is 1.94. The number of pyridine rings is 2. The van der Waals surface area contributed by atoms with E-state index < -0.39 is 6.17 Å². The zero-order valence-corrected chi connectivity index (χ0v) is 16.3. The first-order valence-corrected chi connectivity index (χ1v) is 10.2. The molecule has 30 heavy (non-hydrogen) atoms. The van der Waals surface area contributed by atoms with Crippen LogP contribution < -0.4 is 16.0 Å². The molecule has 1 amide bonds. The Morgan fingerprint density at radius 3 is 2.80 bits per heavy atom. The van der Waals surface area contributed by atoms with Gasteiger partial charge in [-0.1, -0.05) is 0 Å². The molecule has 1 aliphatic carbocycles. The molecule has 3 aromatic heterocycles. The summed E-state index contributed by atoms with van der Waals surface area (Å²) in [6.07, 6.45) is 6.50. The number of amides is 1. The van der Waals surface area contributed by atoms with Crippen molar-refractivity contribution in [3.63, 3.8) is 0 Å². The minimum atomic E-state index is -0.972. The van der Waals surface area contributed by atoms with Gasteiger partial charge in [0.25, 0.3) is 0 Å². The van der Waals surface area contributed by atoms with Crippen molar-refractivity contribution in [3.8, 4) is 11.4 Å². The third-order valence-electron chi connectivity index (χ3n) is 5.41. The number of piperidine rings is 1. The second kappa shape index (κ2) is 7.91. The maximum atomic E-state index is 14.1. The Bertz CT molecular complexity index is 1090. The summed E-state index contributed by atoms with van der Waals surface area (Å²) in [7, 11) is 0. The Kier molecular flexibility index (Phi) is 4.96. The van der Waals surface area contributed by atoms with Crippen LogP contribution in [0.5, 0.6) is 0 Å². The largest absolute Gasteiger partial charge is 0.363 e. The molecule has 0 radical (unpaired) electrons. The predicted octanol–water partition coefficient (Wildman–Crippen LogP) is 2.55. The fourth-order valence-corrected chi connectivity index (χ4v) is 3.53. The van der Waals surface area contributed by atoms with E-state index in [2.05, 4.69) is 35.9 Å². The molecule has 2 atom stereocenters. The molecule has 3 aromatic rings. The first-order chi connectivity index (χ1) is 14.7. The lowest BCUT2D eigenvalue weighted by molar-refractivity contribution is -0.117. The van der Waals surface area contributed by atoms with Gasteiger partial charge in [0.1, 0.15) is 23.5 Å². The lowest BCUT2D eigenvalue weighted by atomic mass is 10.1. The Morgan fingerprint density at radius 1 is 1.07 bits per heavy atom. The van der Waals surface area contributed by atoms with Crippen LogP contribution in [0.25, 0.3) is 22.3 Å². The van der Waals surface area contributed by atoms with Gasteiger partial charge in [0.15, 0.2) is 0 Å².